The molecule has 4 nitrogen and oxygen atoms in total. The normalized spacial score (nSPS) is 13.3. The lowest BCUT2D eigenvalue weighted by Crippen LogP contribution is -2.38. The molecule has 0 aliphatic carbocycles. The minimum absolute atomic E-state index is 0.0113. The lowest BCUT2D eigenvalue weighted by atomic mass is 9.99. The van der Waals surface area contributed by atoms with Crippen molar-refractivity contribution in [1.82, 2.24) is 0 Å². The van der Waals surface area contributed by atoms with E-state index in [1.165, 1.54) is 11.1 Å². The maximum Gasteiger partial charge on any atom is 0.264 e. The van der Waals surface area contributed by atoms with Crippen LogP contribution in [-0.2, 0) is 11.2 Å². The van der Waals surface area contributed by atoms with Crippen LogP contribution in [0.5, 0.6) is 11.5 Å². The Kier molecular flexibility index (Phi) is 5.04. The first-order valence-corrected chi connectivity index (χ1v) is 8.43. The molecule has 0 spiro atoms. The van der Waals surface area contributed by atoms with E-state index in [9.17, 15) is 4.79 Å². The summed E-state index contributed by atoms with van der Waals surface area (Å²) in [6.45, 7) is 5.32. The number of fused-ring (bicyclic) bond motifs is 1. The number of hydrogen-bond donors (Lipinski definition) is 0. The number of amides is 1. The highest BCUT2D eigenvalue weighted by Gasteiger charge is 2.23. The van der Waals surface area contributed by atoms with E-state index >= 15 is 0 Å². The average Bonchev–Trinajstić information content (AvgIpc) is 2.60. The number of carbonyl (C=O) groups is 1. The first-order valence-electron chi connectivity index (χ1n) is 8.43. The van der Waals surface area contributed by atoms with Crippen LogP contribution in [0, 0.1) is 6.92 Å². The van der Waals surface area contributed by atoms with Gasteiger partial charge >= 0.3 is 0 Å². The molecule has 0 bridgehead atoms. The molecule has 0 saturated carbocycles. The molecule has 126 valence electrons. The number of benzene rings is 2. The Hall–Kier alpha value is -2.49. The fourth-order valence-electron chi connectivity index (χ4n) is 3.05. The third-order valence-corrected chi connectivity index (χ3v) is 4.15. The fraction of sp³-hybridized carbons (Fsp3) is 0.350. The van der Waals surface area contributed by atoms with Gasteiger partial charge in [-0.25, -0.2) is 0 Å². The highest BCUT2D eigenvalue weighted by atomic mass is 16.5. The molecule has 0 unspecified atom stereocenters. The first-order chi connectivity index (χ1) is 11.7. The Morgan fingerprint density at radius 2 is 1.88 bits per heavy atom. The zero-order valence-electron chi connectivity index (χ0n) is 14.2. The summed E-state index contributed by atoms with van der Waals surface area (Å²) in [4.78, 5) is 14.5. The van der Waals surface area contributed by atoms with Crippen LogP contribution in [0.3, 0.4) is 0 Å². The molecular formula is C20H23NO3. The minimum atomic E-state index is -0.0221. The molecule has 0 aromatic heterocycles. The second-order valence-electron chi connectivity index (χ2n) is 5.95. The molecule has 0 radical (unpaired) electrons. The summed E-state index contributed by atoms with van der Waals surface area (Å²) >= 11 is 0. The summed E-state index contributed by atoms with van der Waals surface area (Å²) in [7, 11) is 0. The largest absolute Gasteiger partial charge is 0.490 e. The van der Waals surface area contributed by atoms with Gasteiger partial charge in [-0.15, -0.1) is 0 Å². The maximum atomic E-state index is 12.6. The molecule has 24 heavy (non-hydrogen) atoms. The molecule has 0 fully saturated rings. The molecule has 2 aromatic rings. The van der Waals surface area contributed by atoms with Gasteiger partial charge in [-0.2, -0.15) is 0 Å². The summed E-state index contributed by atoms with van der Waals surface area (Å²) in [6.07, 6.45) is 2.01. The van der Waals surface area contributed by atoms with Crippen molar-refractivity contribution < 1.29 is 14.3 Å². The average molecular weight is 325 g/mol. The van der Waals surface area contributed by atoms with E-state index in [0.717, 1.165) is 25.1 Å². The van der Waals surface area contributed by atoms with Gasteiger partial charge in [0.05, 0.1) is 6.61 Å². The van der Waals surface area contributed by atoms with Gasteiger partial charge in [-0.05, 0) is 50.5 Å². The summed E-state index contributed by atoms with van der Waals surface area (Å²) in [5.41, 5.74) is 3.48. The predicted molar refractivity (Wildman–Crippen MR) is 95.0 cm³/mol. The molecule has 1 heterocycles. The van der Waals surface area contributed by atoms with E-state index < -0.39 is 0 Å². The molecule has 1 aliphatic rings. The Bertz CT molecular complexity index is 727. The van der Waals surface area contributed by atoms with E-state index in [1.54, 1.807) is 0 Å². The Balaban J connectivity index is 1.71. The number of anilines is 1. The topological polar surface area (TPSA) is 38.8 Å². The second-order valence-corrected chi connectivity index (χ2v) is 5.95. The first kappa shape index (κ1) is 16.4. The molecule has 4 heteroatoms. The van der Waals surface area contributed by atoms with Crippen LogP contribution >= 0.6 is 0 Å². The van der Waals surface area contributed by atoms with E-state index in [1.807, 2.05) is 42.2 Å². The van der Waals surface area contributed by atoms with Crippen molar-refractivity contribution >= 4 is 11.6 Å². The van der Waals surface area contributed by atoms with Crippen molar-refractivity contribution in [2.24, 2.45) is 0 Å². The van der Waals surface area contributed by atoms with Gasteiger partial charge in [0.25, 0.3) is 5.91 Å². The van der Waals surface area contributed by atoms with E-state index in [2.05, 4.69) is 19.1 Å². The van der Waals surface area contributed by atoms with E-state index in [-0.39, 0.29) is 12.5 Å². The van der Waals surface area contributed by atoms with Gasteiger partial charge in [-0.1, -0.05) is 29.8 Å². The summed E-state index contributed by atoms with van der Waals surface area (Å²) < 4.78 is 11.3. The van der Waals surface area contributed by atoms with Gasteiger partial charge in [0.1, 0.15) is 0 Å². The van der Waals surface area contributed by atoms with Gasteiger partial charge in [0.15, 0.2) is 18.1 Å². The lowest BCUT2D eigenvalue weighted by molar-refractivity contribution is -0.120. The van der Waals surface area contributed by atoms with Gasteiger partial charge < -0.3 is 14.4 Å². The quantitative estimate of drug-likeness (QED) is 0.840. The minimum Gasteiger partial charge on any atom is -0.490 e. The van der Waals surface area contributed by atoms with Gasteiger partial charge in [-0.3, -0.25) is 4.79 Å². The van der Waals surface area contributed by atoms with Crippen LogP contribution in [0.25, 0.3) is 0 Å². The number of ether oxygens (including phenoxy) is 2. The number of para-hydroxylation sites is 2. The highest BCUT2D eigenvalue weighted by Crippen LogP contribution is 2.29. The number of hydrogen-bond acceptors (Lipinski definition) is 3. The molecular weight excluding hydrogens is 302 g/mol. The van der Waals surface area contributed by atoms with Gasteiger partial charge in [0.2, 0.25) is 0 Å². The lowest BCUT2D eigenvalue weighted by Gasteiger charge is -2.29. The van der Waals surface area contributed by atoms with Crippen LogP contribution < -0.4 is 14.4 Å². The van der Waals surface area contributed by atoms with Gasteiger partial charge in [0, 0.05) is 12.2 Å². The second kappa shape index (κ2) is 7.39. The maximum absolute atomic E-state index is 12.6. The number of aryl methyl sites for hydroxylation is 2. The van der Waals surface area contributed by atoms with E-state index in [0.29, 0.717) is 18.1 Å². The molecule has 1 aliphatic heterocycles. The summed E-state index contributed by atoms with van der Waals surface area (Å²) in [6, 6.07) is 13.7. The zero-order valence-corrected chi connectivity index (χ0v) is 14.2. The van der Waals surface area contributed by atoms with Crippen LogP contribution in [-0.4, -0.2) is 25.7 Å². The molecule has 0 saturated heterocycles. The Labute approximate surface area is 143 Å². The van der Waals surface area contributed by atoms with E-state index in [4.69, 9.17) is 9.47 Å². The Morgan fingerprint density at radius 3 is 2.62 bits per heavy atom. The fourth-order valence-corrected chi connectivity index (χ4v) is 3.05. The van der Waals surface area contributed by atoms with Crippen LogP contribution in [0.4, 0.5) is 5.69 Å². The third kappa shape index (κ3) is 3.53. The predicted octanol–water partition coefficient (Wildman–Crippen LogP) is 3.75. The van der Waals surface area contributed by atoms with Crippen molar-refractivity contribution in [3.05, 3.63) is 53.6 Å². The Morgan fingerprint density at radius 1 is 1.12 bits per heavy atom. The molecule has 2 aromatic carbocycles. The zero-order chi connectivity index (χ0) is 16.9. The van der Waals surface area contributed by atoms with Crippen molar-refractivity contribution in [2.45, 2.75) is 26.7 Å². The van der Waals surface area contributed by atoms with Crippen LogP contribution in [0.1, 0.15) is 24.5 Å². The van der Waals surface area contributed by atoms with Crippen molar-refractivity contribution in [1.29, 1.82) is 0 Å². The van der Waals surface area contributed by atoms with Crippen LogP contribution in [0.15, 0.2) is 42.5 Å². The third-order valence-electron chi connectivity index (χ3n) is 4.15. The molecule has 3 rings (SSSR count). The van der Waals surface area contributed by atoms with Crippen molar-refractivity contribution in [3.8, 4) is 11.5 Å². The monoisotopic (exact) mass is 325 g/mol. The number of carbonyl (C=O) groups excluding carboxylic acids is 1. The highest BCUT2D eigenvalue weighted by molar-refractivity contribution is 5.95. The number of rotatable bonds is 5. The molecule has 1 amide bonds. The standard InChI is InChI=1S/C20H23NO3/c1-3-23-18-8-4-5-9-19(18)24-14-20(22)21-12-6-7-16-13-15(2)10-11-17(16)21/h4-5,8-11,13H,3,6-7,12,14H2,1-2H3. The summed E-state index contributed by atoms with van der Waals surface area (Å²) in [5.74, 6) is 1.25. The SMILES string of the molecule is CCOc1ccccc1OCC(=O)N1CCCc2cc(C)ccc21. The molecule has 0 atom stereocenters. The van der Waals surface area contributed by atoms with Crippen molar-refractivity contribution in [3.63, 3.8) is 0 Å². The number of nitrogens with zero attached hydrogens (tertiary/aromatic N) is 1. The molecule has 0 N–H and O–H groups in total. The van der Waals surface area contributed by atoms with Crippen LogP contribution in [0.2, 0.25) is 0 Å². The van der Waals surface area contributed by atoms with Crippen molar-refractivity contribution in [2.75, 3.05) is 24.7 Å². The smallest absolute Gasteiger partial charge is 0.264 e. The summed E-state index contributed by atoms with van der Waals surface area (Å²) in [5, 5.41) is 0.